The van der Waals surface area contributed by atoms with Crippen molar-refractivity contribution in [1.29, 1.82) is 0 Å². The number of rotatable bonds is 8. The van der Waals surface area contributed by atoms with Crippen molar-refractivity contribution < 1.29 is 14.4 Å². The predicted octanol–water partition coefficient (Wildman–Crippen LogP) is 2.20. The number of oxime groups is 1. The Morgan fingerprint density at radius 2 is 2.13 bits per heavy atom. The minimum atomic E-state index is -0.356. The zero-order chi connectivity index (χ0) is 16.3. The van der Waals surface area contributed by atoms with Gasteiger partial charge >= 0.3 is 5.97 Å². The third-order valence-electron chi connectivity index (χ3n) is 2.50. The average Bonchev–Trinajstić information content (AvgIpc) is 2.61. The maximum atomic E-state index is 11.6. The van der Waals surface area contributed by atoms with Crippen LogP contribution >= 0.6 is 11.8 Å². The van der Waals surface area contributed by atoms with Gasteiger partial charge in [-0.05, 0) is 25.1 Å². The van der Waals surface area contributed by atoms with E-state index < -0.39 is 0 Å². The highest BCUT2D eigenvalue weighted by molar-refractivity contribution is 7.99. The van der Waals surface area contributed by atoms with E-state index in [1.54, 1.807) is 25.4 Å². The van der Waals surface area contributed by atoms with E-state index in [-0.39, 0.29) is 24.9 Å². The van der Waals surface area contributed by atoms with Crippen LogP contribution in [0.2, 0.25) is 0 Å². The first-order chi connectivity index (χ1) is 11.3. The highest BCUT2D eigenvalue weighted by Gasteiger charge is 2.08. The molecule has 2 aromatic heterocycles. The maximum Gasteiger partial charge on any atom is 0.316 e. The number of carbonyl (C=O) groups excluding carboxylic acids is 1. The first-order valence-corrected chi connectivity index (χ1v) is 7.91. The second kappa shape index (κ2) is 9.52. The van der Waals surface area contributed by atoms with Crippen LogP contribution in [-0.4, -0.2) is 46.1 Å². The van der Waals surface area contributed by atoms with Crippen LogP contribution in [-0.2, 0) is 14.4 Å². The molecule has 8 heteroatoms. The van der Waals surface area contributed by atoms with Crippen molar-refractivity contribution in [2.24, 2.45) is 5.16 Å². The quantitative estimate of drug-likeness (QED) is 0.183. The van der Waals surface area contributed by atoms with Crippen molar-refractivity contribution in [3.63, 3.8) is 0 Å². The summed E-state index contributed by atoms with van der Waals surface area (Å²) in [7, 11) is 0. The SMILES string of the molecule is CC=NOCCOC(=O)CSc1nccc(-c2ccccn2)n1. The minimum Gasteiger partial charge on any atom is -0.461 e. The van der Waals surface area contributed by atoms with Crippen molar-refractivity contribution >= 4 is 23.9 Å². The summed E-state index contributed by atoms with van der Waals surface area (Å²) in [5.41, 5.74) is 1.47. The molecule has 2 heterocycles. The van der Waals surface area contributed by atoms with E-state index >= 15 is 0 Å². The van der Waals surface area contributed by atoms with Crippen LogP contribution in [0.15, 0.2) is 47.0 Å². The predicted molar refractivity (Wildman–Crippen MR) is 87.1 cm³/mol. The summed E-state index contributed by atoms with van der Waals surface area (Å²) in [4.78, 5) is 29.2. The first-order valence-electron chi connectivity index (χ1n) is 6.92. The fraction of sp³-hybridized carbons (Fsp3) is 0.267. The molecule has 120 valence electrons. The van der Waals surface area contributed by atoms with E-state index in [1.165, 1.54) is 18.0 Å². The Balaban J connectivity index is 1.81. The van der Waals surface area contributed by atoms with Crippen LogP contribution < -0.4 is 0 Å². The lowest BCUT2D eigenvalue weighted by atomic mass is 10.3. The van der Waals surface area contributed by atoms with Crippen LogP contribution in [0.1, 0.15) is 6.92 Å². The van der Waals surface area contributed by atoms with Gasteiger partial charge in [0.25, 0.3) is 0 Å². The van der Waals surface area contributed by atoms with Gasteiger partial charge < -0.3 is 9.57 Å². The largest absolute Gasteiger partial charge is 0.461 e. The van der Waals surface area contributed by atoms with E-state index in [0.717, 1.165) is 5.69 Å². The second-order valence-electron chi connectivity index (χ2n) is 4.15. The molecular weight excluding hydrogens is 316 g/mol. The number of thioether (sulfide) groups is 1. The van der Waals surface area contributed by atoms with Crippen molar-refractivity contribution in [2.45, 2.75) is 12.1 Å². The Kier molecular flexibility index (Phi) is 6.99. The molecule has 0 aliphatic heterocycles. The number of hydrogen-bond donors (Lipinski definition) is 0. The Labute approximate surface area is 138 Å². The van der Waals surface area contributed by atoms with Gasteiger partial charge in [0.05, 0.1) is 17.1 Å². The van der Waals surface area contributed by atoms with Gasteiger partial charge in [-0.2, -0.15) is 0 Å². The lowest BCUT2D eigenvalue weighted by molar-refractivity contribution is -0.141. The maximum absolute atomic E-state index is 11.6. The highest BCUT2D eigenvalue weighted by Crippen LogP contribution is 2.18. The lowest BCUT2D eigenvalue weighted by Gasteiger charge is -2.04. The molecule has 0 unspecified atom stereocenters. The summed E-state index contributed by atoms with van der Waals surface area (Å²) in [6.45, 7) is 2.12. The number of ether oxygens (including phenoxy) is 1. The van der Waals surface area contributed by atoms with Crippen LogP contribution in [0, 0.1) is 0 Å². The summed E-state index contributed by atoms with van der Waals surface area (Å²) >= 11 is 1.21. The number of pyridine rings is 1. The molecule has 0 spiro atoms. The van der Waals surface area contributed by atoms with Gasteiger partial charge in [0, 0.05) is 18.6 Å². The normalized spacial score (nSPS) is 10.7. The Morgan fingerprint density at radius 3 is 2.91 bits per heavy atom. The van der Waals surface area contributed by atoms with Crippen LogP contribution in [0.5, 0.6) is 0 Å². The van der Waals surface area contributed by atoms with E-state index in [1.807, 2.05) is 18.2 Å². The number of carbonyl (C=O) groups is 1. The Bertz CT molecular complexity index is 652. The number of nitrogens with zero attached hydrogens (tertiary/aromatic N) is 4. The first kappa shape index (κ1) is 16.9. The molecule has 2 rings (SSSR count). The van der Waals surface area contributed by atoms with Gasteiger partial charge in [0.1, 0.15) is 6.61 Å². The zero-order valence-electron chi connectivity index (χ0n) is 12.6. The topological polar surface area (TPSA) is 86.6 Å². The zero-order valence-corrected chi connectivity index (χ0v) is 13.4. The molecule has 0 saturated carbocycles. The molecule has 0 radical (unpaired) electrons. The van der Waals surface area contributed by atoms with E-state index in [9.17, 15) is 4.79 Å². The molecule has 23 heavy (non-hydrogen) atoms. The van der Waals surface area contributed by atoms with Crippen molar-refractivity contribution in [3.8, 4) is 11.4 Å². The van der Waals surface area contributed by atoms with Crippen LogP contribution in [0.25, 0.3) is 11.4 Å². The standard InChI is InChI=1S/C15H16N4O3S/c1-2-18-22-10-9-21-14(20)11-23-15-17-8-6-13(19-15)12-5-3-4-7-16-12/h2-8H,9-11H2,1H3. The van der Waals surface area contributed by atoms with Gasteiger partial charge in [0.2, 0.25) is 0 Å². The van der Waals surface area contributed by atoms with E-state index in [0.29, 0.717) is 10.9 Å². The summed E-state index contributed by atoms with van der Waals surface area (Å²) in [6.07, 6.45) is 4.86. The minimum absolute atomic E-state index is 0.128. The Morgan fingerprint density at radius 1 is 1.22 bits per heavy atom. The van der Waals surface area contributed by atoms with Gasteiger partial charge in [-0.3, -0.25) is 9.78 Å². The number of esters is 1. The fourth-order valence-corrected chi connectivity index (χ4v) is 2.18. The molecule has 0 bridgehead atoms. The molecule has 0 saturated heterocycles. The van der Waals surface area contributed by atoms with Crippen LogP contribution in [0.4, 0.5) is 0 Å². The third-order valence-corrected chi connectivity index (χ3v) is 3.33. The highest BCUT2D eigenvalue weighted by atomic mass is 32.2. The molecule has 7 nitrogen and oxygen atoms in total. The van der Waals surface area contributed by atoms with Gasteiger partial charge in [0.15, 0.2) is 11.8 Å². The molecule has 0 amide bonds. The summed E-state index contributed by atoms with van der Waals surface area (Å²) in [6, 6.07) is 7.37. The molecule has 0 aromatic carbocycles. The summed E-state index contributed by atoms with van der Waals surface area (Å²) < 4.78 is 5.00. The molecule has 2 aromatic rings. The molecule has 0 aliphatic carbocycles. The number of hydrogen-bond acceptors (Lipinski definition) is 8. The van der Waals surface area contributed by atoms with Gasteiger partial charge in [-0.15, -0.1) is 0 Å². The monoisotopic (exact) mass is 332 g/mol. The smallest absolute Gasteiger partial charge is 0.316 e. The van der Waals surface area contributed by atoms with Crippen LogP contribution in [0.3, 0.4) is 0 Å². The molecule has 0 atom stereocenters. The molecule has 0 fully saturated rings. The van der Waals surface area contributed by atoms with E-state index in [2.05, 4.69) is 20.1 Å². The van der Waals surface area contributed by atoms with E-state index in [4.69, 9.17) is 9.57 Å². The Hall–Kier alpha value is -2.48. The summed E-state index contributed by atoms with van der Waals surface area (Å²) in [5, 5.41) is 4.05. The summed E-state index contributed by atoms with van der Waals surface area (Å²) in [5.74, 6) is -0.228. The van der Waals surface area contributed by atoms with Gasteiger partial charge in [-0.1, -0.05) is 23.0 Å². The third kappa shape index (κ3) is 6.03. The van der Waals surface area contributed by atoms with Gasteiger partial charge in [-0.25, -0.2) is 9.97 Å². The molecule has 0 N–H and O–H groups in total. The molecular formula is C15H16N4O3S. The lowest BCUT2D eigenvalue weighted by Crippen LogP contribution is -2.11. The second-order valence-corrected chi connectivity index (χ2v) is 5.09. The van der Waals surface area contributed by atoms with Crippen molar-refractivity contribution in [3.05, 3.63) is 36.7 Å². The fourth-order valence-electron chi connectivity index (χ4n) is 1.55. The number of aromatic nitrogens is 3. The van der Waals surface area contributed by atoms with Crippen molar-refractivity contribution in [1.82, 2.24) is 15.0 Å². The average molecular weight is 332 g/mol. The molecule has 0 aliphatic rings. The van der Waals surface area contributed by atoms with Crippen molar-refractivity contribution in [2.75, 3.05) is 19.0 Å².